The van der Waals surface area contributed by atoms with Crippen LogP contribution in [0.15, 0.2) is 18.2 Å². The Morgan fingerprint density at radius 2 is 2.05 bits per heavy atom. The lowest BCUT2D eigenvalue weighted by Crippen LogP contribution is -2.43. The van der Waals surface area contributed by atoms with E-state index >= 15 is 0 Å². The van der Waals surface area contributed by atoms with Gasteiger partial charge in [-0.3, -0.25) is 14.9 Å². The maximum absolute atomic E-state index is 13.6. The van der Waals surface area contributed by atoms with Crippen LogP contribution in [0.4, 0.5) is 10.1 Å². The van der Waals surface area contributed by atoms with Gasteiger partial charge in [0, 0.05) is 24.7 Å². The second-order valence-corrected chi connectivity index (χ2v) is 5.41. The fourth-order valence-corrected chi connectivity index (χ4v) is 2.11. The lowest BCUT2D eigenvalue weighted by Gasteiger charge is -2.28. The predicted octanol–water partition coefficient (Wildman–Crippen LogP) is 2.05. The first-order chi connectivity index (χ1) is 9.73. The van der Waals surface area contributed by atoms with Gasteiger partial charge in [0.05, 0.1) is 10.5 Å². The van der Waals surface area contributed by atoms with Crippen LogP contribution in [-0.2, 0) is 0 Å². The fraction of sp³-hybridized carbons (Fsp3) is 0.500. The second kappa shape index (κ2) is 7.12. The highest BCUT2D eigenvalue weighted by Crippen LogP contribution is 2.17. The van der Waals surface area contributed by atoms with E-state index in [2.05, 4.69) is 5.32 Å². The van der Waals surface area contributed by atoms with E-state index in [9.17, 15) is 19.3 Å². The van der Waals surface area contributed by atoms with E-state index < -0.39 is 16.6 Å². The standard InChI is InChI=1S/C14H20FN3O3/c1-9(2)13(17(3)4)8-16-14(19)11-7-10(18(20)21)5-6-12(11)15/h5-7,9,13H,8H2,1-4H3,(H,16,19). The van der Waals surface area contributed by atoms with Gasteiger partial charge >= 0.3 is 0 Å². The van der Waals surface area contributed by atoms with Crippen LogP contribution < -0.4 is 5.32 Å². The van der Waals surface area contributed by atoms with Crippen LogP contribution in [0, 0.1) is 21.8 Å². The van der Waals surface area contributed by atoms with Crippen molar-refractivity contribution >= 4 is 11.6 Å². The van der Waals surface area contributed by atoms with Gasteiger partial charge in [0.2, 0.25) is 0 Å². The Hall–Kier alpha value is -2.02. The molecule has 0 fully saturated rings. The highest BCUT2D eigenvalue weighted by molar-refractivity contribution is 5.95. The monoisotopic (exact) mass is 297 g/mol. The number of hydrogen-bond acceptors (Lipinski definition) is 4. The first kappa shape index (κ1) is 17.0. The van der Waals surface area contributed by atoms with Crippen molar-refractivity contribution in [2.45, 2.75) is 19.9 Å². The number of nitrogens with one attached hydrogen (secondary N) is 1. The van der Waals surface area contributed by atoms with Crippen molar-refractivity contribution in [3.05, 3.63) is 39.7 Å². The zero-order valence-corrected chi connectivity index (χ0v) is 12.6. The molecule has 1 unspecified atom stereocenters. The number of nitro benzene ring substituents is 1. The summed E-state index contributed by atoms with van der Waals surface area (Å²) in [6.45, 7) is 4.38. The molecule has 116 valence electrons. The number of rotatable bonds is 6. The fourth-order valence-electron chi connectivity index (χ4n) is 2.11. The molecule has 1 atom stereocenters. The third-order valence-electron chi connectivity index (χ3n) is 3.31. The minimum atomic E-state index is -0.774. The number of amides is 1. The summed E-state index contributed by atoms with van der Waals surface area (Å²) in [6, 6.07) is 3.00. The van der Waals surface area contributed by atoms with E-state index in [1.165, 1.54) is 0 Å². The highest BCUT2D eigenvalue weighted by Gasteiger charge is 2.20. The van der Waals surface area contributed by atoms with Gasteiger partial charge in [0.15, 0.2) is 0 Å². The Kier molecular flexibility index (Phi) is 5.78. The van der Waals surface area contributed by atoms with E-state index in [1.54, 1.807) is 0 Å². The Bertz CT molecular complexity index is 524. The Morgan fingerprint density at radius 1 is 1.43 bits per heavy atom. The number of carbonyl (C=O) groups is 1. The van der Waals surface area contributed by atoms with Gasteiger partial charge in [-0.05, 0) is 26.1 Å². The van der Waals surface area contributed by atoms with E-state index in [-0.39, 0.29) is 17.3 Å². The summed E-state index contributed by atoms with van der Waals surface area (Å²) in [7, 11) is 3.79. The Balaban J connectivity index is 2.84. The molecule has 0 heterocycles. The van der Waals surface area contributed by atoms with E-state index in [0.717, 1.165) is 18.2 Å². The first-order valence-corrected chi connectivity index (χ1v) is 6.62. The number of non-ortho nitro benzene ring substituents is 1. The molecule has 0 radical (unpaired) electrons. The van der Waals surface area contributed by atoms with Crippen molar-refractivity contribution in [2.75, 3.05) is 20.6 Å². The van der Waals surface area contributed by atoms with Crippen molar-refractivity contribution in [1.29, 1.82) is 0 Å². The molecule has 6 nitrogen and oxygen atoms in total. The van der Waals surface area contributed by atoms with Gasteiger partial charge in [-0.1, -0.05) is 13.8 Å². The lowest BCUT2D eigenvalue weighted by atomic mass is 10.0. The first-order valence-electron chi connectivity index (χ1n) is 6.62. The molecular weight excluding hydrogens is 277 g/mol. The molecule has 21 heavy (non-hydrogen) atoms. The third kappa shape index (κ3) is 4.49. The maximum atomic E-state index is 13.6. The van der Waals surface area contributed by atoms with Crippen molar-refractivity contribution in [2.24, 2.45) is 5.92 Å². The number of halogens is 1. The number of hydrogen-bond donors (Lipinski definition) is 1. The summed E-state index contributed by atoms with van der Waals surface area (Å²) in [5.74, 6) is -1.12. The number of nitrogens with zero attached hydrogens (tertiary/aromatic N) is 2. The minimum Gasteiger partial charge on any atom is -0.350 e. The summed E-state index contributed by atoms with van der Waals surface area (Å²) in [4.78, 5) is 24.0. The molecule has 0 aliphatic heterocycles. The quantitative estimate of drug-likeness (QED) is 0.644. The molecule has 0 aliphatic rings. The lowest BCUT2D eigenvalue weighted by molar-refractivity contribution is -0.384. The van der Waals surface area contributed by atoms with Crippen LogP contribution in [0.25, 0.3) is 0 Å². The molecule has 1 N–H and O–H groups in total. The molecule has 0 saturated carbocycles. The number of benzene rings is 1. The van der Waals surface area contributed by atoms with Crippen molar-refractivity contribution < 1.29 is 14.1 Å². The molecule has 0 aliphatic carbocycles. The van der Waals surface area contributed by atoms with Crippen LogP contribution >= 0.6 is 0 Å². The average molecular weight is 297 g/mol. The second-order valence-electron chi connectivity index (χ2n) is 5.41. The van der Waals surface area contributed by atoms with Crippen LogP contribution in [0.5, 0.6) is 0 Å². The Morgan fingerprint density at radius 3 is 2.52 bits per heavy atom. The summed E-state index contributed by atoms with van der Waals surface area (Å²) in [6.07, 6.45) is 0. The van der Waals surface area contributed by atoms with Gasteiger partial charge in [-0.15, -0.1) is 0 Å². The highest BCUT2D eigenvalue weighted by atomic mass is 19.1. The largest absolute Gasteiger partial charge is 0.350 e. The van der Waals surface area contributed by atoms with Crippen LogP contribution in [0.1, 0.15) is 24.2 Å². The molecule has 1 rings (SSSR count). The van der Waals surface area contributed by atoms with Gasteiger partial charge in [-0.2, -0.15) is 0 Å². The third-order valence-corrected chi connectivity index (χ3v) is 3.31. The molecule has 0 spiro atoms. The minimum absolute atomic E-state index is 0.0932. The van der Waals surface area contributed by atoms with Crippen molar-refractivity contribution in [3.8, 4) is 0 Å². The summed E-state index contributed by atoms with van der Waals surface area (Å²) >= 11 is 0. The average Bonchev–Trinajstić information content (AvgIpc) is 2.37. The molecule has 0 saturated heterocycles. The topological polar surface area (TPSA) is 75.5 Å². The maximum Gasteiger partial charge on any atom is 0.270 e. The SMILES string of the molecule is CC(C)C(CNC(=O)c1cc([N+](=O)[O-])ccc1F)N(C)C. The van der Waals surface area contributed by atoms with Gasteiger partial charge < -0.3 is 10.2 Å². The summed E-state index contributed by atoms with van der Waals surface area (Å²) in [5.41, 5.74) is -0.625. The van der Waals surface area contributed by atoms with E-state index in [1.807, 2.05) is 32.8 Å². The Labute approximate surface area is 123 Å². The van der Waals surface area contributed by atoms with Gasteiger partial charge in [-0.25, -0.2) is 4.39 Å². The molecule has 7 heteroatoms. The number of nitro groups is 1. The molecule has 1 aromatic rings. The van der Waals surface area contributed by atoms with E-state index in [0.29, 0.717) is 12.5 Å². The zero-order valence-electron chi connectivity index (χ0n) is 12.6. The van der Waals surface area contributed by atoms with Crippen LogP contribution in [-0.4, -0.2) is 42.4 Å². The number of carbonyl (C=O) groups excluding carboxylic acids is 1. The molecule has 0 aromatic heterocycles. The van der Waals surface area contributed by atoms with Crippen LogP contribution in [0.3, 0.4) is 0 Å². The molecular formula is C14H20FN3O3. The molecule has 1 aromatic carbocycles. The van der Waals surface area contributed by atoms with Gasteiger partial charge in [0.25, 0.3) is 11.6 Å². The van der Waals surface area contributed by atoms with Crippen LogP contribution in [0.2, 0.25) is 0 Å². The van der Waals surface area contributed by atoms with Gasteiger partial charge in [0.1, 0.15) is 5.82 Å². The summed E-state index contributed by atoms with van der Waals surface area (Å²) in [5, 5.41) is 13.3. The van der Waals surface area contributed by atoms with E-state index in [4.69, 9.17) is 0 Å². The molecule has 0 bridgehead atoms. The predicted molar refractivity (Wildman–Crippen MR) is 77.7 cm³/mol. The van der Waals surface area contributed by atoms with Crippen molar-refractivity contribution in [3.63, 3.8) is 0 Å². The van der Waals surface area contributed by atoms with Crippen molar-refractivity contribution in [1.82, 2.24) is 10.2 Å². The smallest absolute Gasteiger partial charge is 0.270 e. The molecule has 1 amide bonds. The zero-order chi connectivity index (χ0) is 16.2. The number of likely N-dealkylation sites (N-methyl/N-ethyl adjacent to an activating group) is 1. The normalized spacial score (nSPS) is 12.5. The summed E-state index contributed by atoms with van der Waals surface area (Å²) < 4.78 is 13.6.